The lowest BCUT2D eigenvalue weighted by molar-refractivity contribution is 0.566. The van der Waals surface area contributed by atoms with E-state index in [1.807, 2.05) is 0 Å². The van der Waals surface area contributed by atoms with Gasteiger partial charge in [0.1, 0.15) is 0 Å². The Kier molecular flexibility index (Phi) is 9.11. The molecule has 0 heteroatoms. The third-order valence-corrected chi connectivity index (χ3v) is 21.8. The van der Waals surface area contributed by atoms with Crippen LogP contribution >= 0.6 is 0 Å². The molecule has 0 aromatic heterocycles. The number of fused-ring (bicyclic) bond motifs is 11. The molecule has 4 aliphatic rings. The van der Waals surface area contributed by atoms with Crippen molar-refractivity contribution in [2.45, 2.75) is 0 Å². The number of rotatable bonds is 4. The Morgan fingerprint density at radius 1 is 0.200 bits per heavy atom. The first-order valence-corrected chi connectivity index (χ1v) is 31.8. The van der Waals surface area contributed by atoms with Crippen LogP contribution in [0.25, 0.3) is 190 Å². The van der Waals surface area contributed by atoms with Crippen LogP contribution in [0.5, 0.6) is 0 Å². The summed E-state index contributed by atoms with van der Waals surface area (Å²) < 4.78 is 0. The van der Waals surface area contributed by atoms with Gasteiger partial charge in [0, 0.05) is 11.8 Å². The Bertz CT molecular complexity index is 6410. The van der Waals surface area contributed by atoms with Crippen LogP contribution < -0.4 is 0 Å². The standard InChI is InChI=1S/C90H50/c1-5-49-13-17-57-21-33-65(73-41-25-53(9-1)81(49)85(57)73)61-29-37-69-70-38-30-63(67-35-23-59-19-15-51-7-3-11-55-27-43-75(67)87(59)83(51)55)47-79(70)90-80-48-64(68-36-24-60-20-16-52-8-4-12-56-28-44-76(68)88(60)84(52)56)32-40-72(80)71-39-31-62(46-78(71)89(90)77(69)45-61)66-34-22-58-18-14-50-6-2-10-54-26-42-74(66)86(58)82(50)54/h1-48,81,85H. The maximum absolute atomic E-state index is 2.58. The third kappa shape index (κ3) is 6.25. The molecule has 2 atom stereocenters. The molecule has 0 nitrogen and oxygen atoms in total. The molecule has 2 unspecified atom stereocenters. The zero-order chi connectivity index (χ0) is 58.2. The Morgan fingerprint density at radius 3 is 0.944 bits per heavy atom. The molecule has 0 fully saturated rings. The van der Waals surface area contributed by atoms with Gasteiger partial charge in [0.25, 0.3) is 0 Å². The molecule has 0 bridgehead atoms. The second kappa shape index (κ2) is 17.2. The normalized spacial score (nSPS) is 16.5. The molecule has 0 radical (unpaired) electrons. The summed E-state index contributed by atoms with van der Waals surface area (Å²) in [5, 5.41) is 36.0. The highest BCUT2D eigenvalue weighted by Gasteiger charge is 2.38. The van der Waals surface area contributed by atoms with E-state index in [0.29, 0.717) is 5.92 Å². The van der Waals surface area contributed by atoms with Crippen molar-refractivity contribution < 1.29 is 0 Å². The van der Waals surface area contributed by atoms with Crippen molar-refractivity contribution in [3.05, 3.63) is 319 Å². The van der Waals surface area contributed by atoms with Gasteiger partial charge in [-0.2, -0.15) is 0 Å². The molecular weight excluding hydrogens is 1080 g/mol. The maximum Gasteiger partial charge on any atom is 0.0205 e. The molecular formula is C90H50. The van der Waals surface area contributed by atoms with Crippen molar-refractivity contribution in [3.63, 3.8) is 0 Å². The van der Waals surface area contributed by atoms with E-state index in [4.69, 9.17) is 0 Å². The largest absolute Gasteiger partial charge is 0.0617 e. The van der Waals surface area contributed by atoms with Crippen LogP contribution in [-0.4, -0.2) is 0 Å². The quantitative estimate of drug-likeness (QED) is 0.154. The molecule has 0 spiro atoms. The van der Waals surface area contributed by atoms with Crippen LogP contribution in [0.3, 0.4) is 0 Å². The predicted molar refractivity (Wildman–Crippen MR) is 387 cm³/mol. The summed E-state index contributed by atoms with van der Waals surface area (Å²) in [7, 11) is 0. The Hall–Kier alpha value is -11.4. The fourth-order valence-electron chi connectivity index (χ4n) is 17.9. The summed E-state index contributed by atoms with van der Waals surface area (Å²) >= 11 is 0. The first kappa shape index (κ1) is 47.7. The lowest BCUT2D eigenvalue weighted by Gasteiger charge is -2.40. The number of benzene rings is 18. The fourth-order valence-corrected chi connectivity index (χ4v) is 17.9. The lowest BCUT2D eigenvalue weighted by atomic mass is 9.63. The highest BCUT2D eigenvalue weighted by Crippen LogP contribution is 2.54. The molecule has 410 valence electrons. The summed E-state index contributed by atoms with van der Waals surface area (Å²) in [5.41, 5.74) is 15.5. The molecule has 0 saturated carbocycles. The van der Waals surface area contributed by atoms with E-state index in [9.17, 15) is 0 Å². The van der Waals surface area contributed by atoms with Crippen LogP contribution in [-0.2, 0) is 0 Å². The molecule has 0 amide bonds. The highest BCUT2D eigenvalue weighted by molar-refractivity contribution is 6.41. The van der Waals surface area contributed by atoms with Crippen molar-refractivity contribution in [3.8, 4) is 33.4 Å². The molecule has 18 aromatic rings. The molecule has 0 heterocycles. The number of allylic oxidation sites excluding steroid dienone is 14. The van der Waals surface area contributed by atoms with Gasteiger partial charge in [0.15, 0.2) is 0 Å². The minimum absolute atomic E-state index is 0.268. The monoisotopic (exact) mass is 1130 g/mol. The van der Waals surface area contributed by atoms with Crippen molar-refractivity contribution in [2.24, 2.45) is 11.8 Å². The SMILES string of the molecule is C1=CC2=CC=C3C=CC(c4ccc5c6ccc(-c7ccc8ccc9cccc%10ccc7c8c9%10)cc6c6c7cc(-c8ccc9ccc%10cccc%11ccc8c9c%10%11)ccc7c7ccc(-c8ccc9ccc%10cccc%11ccc8c9c%10%11)cc7c6c5c4)=C4C=CC(=C1)C2C34. The first-order chi connectivity index (χ1) is 44.6. The molecule has 4 aliphatic carbocycles. The first-order valence-electron chi connectivity index (χ1n) is 31.8. The minimum Gasteiger partial charge on any atom is -0.0617 e. The second-order valence-corrected chi connectivity index (χ2v) is 26.0. The second-order valence-electron chi connectivity index (χ2n) is 26.0. The van der Waals surface area contributed by atoms with E-state index in [1.165, 1.54) is 218 Å². The van der Waals surface area contributed by atoms with Gasteiger partial charge in [-0.1, -0.05) is 267 Å². The predicted octanol–water partition coefficient (Wildman–Crippen LogP) is 24.6. The van der Waals surface area contributed by atoms with Gasteiger partial charge < -0.3 is 0 Å². The zero-order valence-corrected chi connectivity index (χ0v) is 48.9. The average molecular weight is 1130 g/mol. The van der Waals surface area contributed by atoms with Crippen LogP contribution in [0.15, 0.2) is 314 Å². The van der Waals surface area contributed by atoms with Crippen molar-refractivity contribution in [1.29, 1.82) is 0 Å². The number of hydrogen-bond acceptors (Lipinski definition) is 0. The maximum atomic E-state index is 2.58. The van der Waals surface area contributed by atoms with Gasteiger partial charge in [0.05, 0.1) is 0 Å². The zero-order valence-electron chi connectivity index (χ0n) is 48.9. The molecule has 0 aliphatic heterocycles. The molecule has 18 aromatic carbocycles. The Labute approximate surface area is 517 Å². The van der Waals surface area contributed by atoms with Gasteiger partial charge in [-0.25, -0.2) is 0 Å². The van der Waals surface area contributed by atoms with Crippen LogP contribution in [0.2, 0.25) is 0 Å². The van der Waals surface area contributed by atoms with Gasteiger partial charge in [-0.3, -0.25) is 0 Å². The summed E-state index contributed by atoms with van der Waals surface area (Å²) in [5.74, 6) is 0.586. The van der Waals surface area contributed by atoms with Gasteiger partial charge in [-0.05, 0) is 242 Å². The van der Waals surface area contributed by atoms with Gasteiger partial charge in [-0.15, -0.1) is 0 Å². The third-order valence-electron chi connectivity index (χ3n) is 21.8. The highest BCUT2D eigenvalue weighted by atomic mass is 14.4. The topological polar surface area (TPSA) is 0 Å². The van der Waals surface area contributed by atoms with Crippen molar-refractivity contribution in [1.82, 2.24) is 0 Å². The summed E-state index contributed by atoms with van der Waals surface area (Å²) in [4.78, 5) is 0. The van der Waals surface area contributed by atoms with E-state index < -0.39 is 0 Å². The Balaban J connectivity index is 0.885. The van der Waals surface area contributed by atoms with Crippen molar-refractivity contribution >= 4 is 156 Å². The van der Waals surface area contributed by atoms with E-state index in [2.05, 4.69) is 291 Å². The lowest BCUT2D eigenvalue weighted by Crippen LogP contribution is -2.29. The molecule has 0 N–H and O–H groups in total. The van der Waals surface area contributed by atoms with E-state index >= 15 is 0 Å². The van der Waals surface area contributed by atoms with E-state index in [1.54, 1.807) is 0 Å². The van der Waals surface area contributed by atoms with Crippen LogP contribution in [0, 0.1) is 11.8 Å². The molecule has 90 heavy (non-hydrogen) atoms. The van der Waals surface area contributed by atoms with Crippen LogP contribution in [0.4, 0.5) is 0 Å². The Morgan fingerprint density at radius 2 is 0.522 bits per heavy atom. The summed E-state index contributed by atoms with van der Waals surface area (Å²) in [6.45, 7) is 0. The summed E-state index contributed by atoms with van der Waals surface area (Å²) in [6, 6.07) is 92.0. The minimum atomic E-state index is 0.268. The van der Waals surface area contributed by atoms with Gasteiger partial charge in [0.2, 0.25) is 0 Å². The fraction of sp³-hybridized carbons (Fsp3) is 0.0222. The van der Waals surface area contributed by atoms with E-state index in [-0.39, 0.29) is 5.92 Å². The molecule has 22 rings (SSSR count). The number of hydrogen-bond donors (Lipinski definition) is 0. The van der Waals surface area contributed by atoms with Crippen molar-refractivity contribution in [2.75, 3.05) is 0 Å². The van der Waals surface area contributed by atoms with Gasteiger partial charge >= 0.3 is 0 Å². The van der Waals surface area contributed by atoms with E-state index in [0.717, 1.165) is 0 Å². The van der Waals surface area contributed by atoms with Crippen LogP contribution in [0.1, 0.15) is 5.56 Å². The summed E-state index contributed by atoms with van der Waals surface area (Å²) in [6.07, 6.45) is 21.2. The molecule has 0 saturated heterocycles. The smallest absolute Gasteiger partial charge is 0.0205 e. The average Bonchev–Trinajstić information content (AvgIpc) is 0.721.